The van der Waals surface area contributed by atoms with Crippen molar-refractivity contribution in [3.8, 4) is 0 Å². The Hall–Kier alpha value is -1.63. The average molecular weight is 156 g/mol. The van der Waals surface area contributed by atoms with Gasteiger partial charge in [0.15, 0.2) is 5.82 Å². The molecule has 1 heterocycles. The standard InChI is InChI=1S/C4H8N6O/c5-4(9-6)7-1-3-8-2-11-10-3/h2H,1,6H2,(H3,5,7,9). The monoisotopic (exact) mass is 156 g/mol. The number of hydrogen-bond donors (Lipinski definition) is 3. The second-order valence-electron chi connectivity index (χ2n) is 1.69. The highest BCUT2D eigenvalue weighted by Gasteiger charge is 1.95. The maximum Gasteiger partial charge on any atom is 0.213 e. The maximum absolute atomic E-state index is 5.22. The van der Waals surface area contributed by atoms with Gasteiger partial charge in [-0.2, -0.15) is 4.98 Å². The zero-order chi connectivity index (χ0) is 8.10. The van der Waals surface area contributed by atoms with Crippen molar-refractivity contribution in [2.45, 2.75) is 6.54 Å². The van der Waals surface area contributed by atoms with Crippen LogP contribution in [0.5, 0.6) is 0 Å². The van der Waals surface area contributed by atoms with Gasteiger partial charge in [-0.15, -0.1) is 0 Å². The fraction of sp³-hybridized carbons (Fsp3) is 0.250. The minimum absolute atomic E-state index is 0.134. The van der Waals surface area contributed by atoms with Crippen LogP contribution in [-0.4, -0.2) is 16.1 Å². The molecule has 0 radical (unpaired) electrons. The molecule has 1 aromatic rings. The molecule has 1 rings (SSSR count). The Bertz CT molecular complexity index is 229. The summed E-state index contributed by atoms with van der Waals surface area (Å²) in [5, 5.41) is 3.51. The first kappa shape index (κ1) is 7.48. The van der Waals surface area contributed by atoms with Crippen LogP contribution in [0.3, 0.4) is 0 Å². The highest BCUT2D eigenvalue weighted by molar-refractivity contribution is 5.76. The van der Waals surface area contributed by atoms with Crippen molar-refractivity contribution in [2.24, 2.45) is 16.6 Å². The molecule has 0 saturated carbocycles. The van der Waals surface area contributed by atoms with Crippen molar-refractivity contribution in [3.63, 3.8) is 0 Å². The molecular weight excluding hydrogens is 148 g/mol. The average Bonchev–Trinajstić information content (AvgIpc) is 2.52. The molecule has 0 aliphatic heterocycles. The minimum atomic E-state index is 0.134. The first-order valence-electron chi connectivity index (χ1n) is 2.84. The van der Waals surface area contributed by atoms with Crippen LogP contribution in [-0.2, 0) is 6.54 Å². The molecule has 0 aromatic carbocycles. The van der Waals surface area contributed by atoms with E-state index in [1.54, 1.807) is 0 Å². The summed E-state index contributed by atoms with van der Waals surface area (Å²) in [5.41, 5.74) is 7.39. The number of hydrogen-bond acceptors (Lipinski definition) is 5. The third-order valence-electron chi connectivity index (χ3n) is 0.946. The smallest absolute Gasteiger partial charge is 0.213 e. The van der Waals surface area contributed by atoms with Gasteiger partial charge in [0.1, 0.15) is 6.54 Å². The van der Waals surface area contributed by atoms with Gasteiger partial charge in [-0.1, -0.05) is 5.16 Å². The maximum atomic E-state index is 5.22. The van der Waals surface area contributed by atoms with E-state index in [9.17, 15) is 0 Å². The predicted molar refractivity (Wildman–Crippen MR) is 36.9 cm³/mol. The van der Waals surface area contributed by atoms with E-state index in [4.69, 9.17) is 11.6 Å². The number of nitrogens with one attached hydrogen (secondary N) is 1. The number of rotatable bonds is 2. The predicted octanol–water partition coefficient (Wildman–Crippen LogP) is -1.65. The van der Waals surface area contributed by atoms with Gasteiger partial charge in [0.2, 0.25) is 12.4 Å². The molecule has 0 fully saturated rings. The lowest BCUT2D eigenvalue weighted by Gasteiger charge is -1.94. The van der Waals surface area contributed by atoms with E-state index >= 15 is 0 Å². The molecule has 0 atom stereocenters. The molecule has 11 heavy (non-hydrogen) atoms. The van der Waals surface area contributed by atoms with Gasteiger partial charge in [0.05, 0.1) is 0 Å². The third-order valence-corrected chi connectivity index (χ3v) is 0.946. The molecule has 7 heteroatoms. The van der Waals surface area contributed by atoms with Gasteiger partial charge in [0.25, 0.3) is 0 Å². The molecule has 0 aliphatic carbocycles. The summed E-state index contributed by atoms with van der Waals surface area (Å²) >= 11 is 0. The van der Waals surface area contributed by atoms with E-state index in [1.165, 1.54) is 6.39 Å². The molecule has 0 saturated heterocycles. The molecular formula is C4H8N6O. The Labute approximate surface area is 62.4 Å². The minimum Gasteiger partial charge on any atom is -0.369 e. The molecule has 5 N–H and O–H groups in total. The quantitative estimate of drug-likeness (QED) is 0.204. The molecule has 0 aliphatic rings. The Morgan fingerprint density at radius 1 is 1.82 bits per heavy atom. The topological polar surface area (TPSA) is 115 Å². The normalized spacial score (nSPS) is 11.5. The lowest BCUT2D eigenvalue weighted by Crippen LogP contribution is -2.37. The fourth-order valence-corrected chi connectivity index (χ4v) is 0.464. The first-order chi connectivity index (χ1) is 5.33. The van der Waals surface area contributed by atoms with Crippen LogP contribution in [0, 0.1) is 0 Å². The van der Waals surface area contributed by atoms with Crippen molar-refractivity contribution >= 4 is 5.96 Å². The highest BCUT2D eigenvalue weighted by atomic mass is 16.5. The number of aliphatic imine (C=N–C) groups is 1. The number of nitrogens with two attached hydrogens (primary N) is 2. The molecule has 60 valence electrons. The van der Waals surface area contributed by atoms with Gasteiger partial charge >= 0.3 is 0 Å². The van der Waals surface area contributed by atoms with Crippen LogP contribution in [0.15, 0.2) is 15.9 Å². The number of aromatic nitrogens is 2. The van der Waals surface area contributed by atoms with Crippen molar-refractivity contribution in [1.82, 2.24) is 15.6 Å². The van der Waals surface area contributed by atoms with E-state index in [-0.39, 0.29) is 12.5 Å². The zero-order valence-corrected chi connectivity index (χ0v) is 5.69. The Morgan fingerprint density at radius 3 is 3.18 bits per heavy atom. The van der Waals surface area contributed by atoms with Crippen LogP contribution in [0.1, 0.15) is 5.82 Å². The second kappa shape index (κ2) is 3.52. The fourth-order valence-electron chi connectivity index (χ4n) is 0.464. The van der Waals surface area contributed by atoms with Crippen molar-refractivity contribution in [1.29, 1.82) is 0 Å². The molecule has 1 aromatic heterocycles. The Balaban J connectivity index is 2.45. The number of hydrazine groups is 1. The van der Waals surface area contributed by atoms with Gasteiger partial charge < -0.3 is 10.3 Å². The summed E-state index contributed by atoms with van der Waals surface area (Å²) in [6.45, 7) is 0.256. The number of guanidine groups is 1. The Morgan fingerprint density at radius 2 is 2.64 bits per heavy atom. The largest absolute Gasteiger partial charge is 0.369 e. The van der Waals surface area contributed by atoms with Gasteiger partial charge in [-0.05, 0) is 0 Å². The summed E-state index contributed by atoms with van der Waals surface area (Å²) in [7, 11) is 0. The molecule has 0 spiro atoms. The Kier molecular flexibility index (Phi) is 2.39. The van der Waals surface area contributed by atoms with Crippen LogP contribution < -0.4 is 17.0 Å². The summed E-state index contributed by atoms with van der Waals surface area (Å²) < 4.78 is 4.46. The summed E-state index contributed by atoms with van der Waals surface area (Å²) in [5.74, 6) is 5.54. The molecule has 0 amide bonds. The molecule has 0 unspecified atom stereocenters. The van der Waals surface area contributed by atoms with E-state index < -0.39 is 0 Å². The van der Waals surface area contributed by atoms with E-state index in [0.717, 1.165) is 0 Å². The van der Waals surface area contributed by atoms with Crippen molar-refractivity contribution < 1.29 is 4.52 Å². The SMILES string of the molecule is NNC(N)=NCc1ncon1. The summed E-state index contributed by atoms with van der Waals surface area (Å²) in [6, 6.07) is 0. The zero-order valence-electron chi connectivity index (χ0n) is 5.69. The number of nitrogens with zero attached hydrogens (tertiary/aromatic N) is 3. The van der Waals surface area contributed by atoms with E-state index in [2.05, 4.69) is 25.1 Å². The van der Waals surface area contributed by atoms with Crippen LogP contribution in [0.4, 0.5) is 0 Å². The third kappa shape index (κ3) is 2.22. The molecule has 7 nitrogen and oxygen atoms in total. The highest BCUT2D eigenvalue weighted by Crippen LogP contribution is 1.89. The molecule has 0 bridgehead atoms. The summed E-state index contributed by atoms with van der Waals surface area (Å²) in [6.07, 6.45) is 1.22. The second-order valence-corrected chi connectivity index (χ2v) is 1.69. The van der Waals surface area contributed by atoms with Gasteiger partial charge in [-0.3, -0.25) is 5.43 Å². The lowest BCUT2D eigenvalue weighted by molar-refractivity contribution is 0.410. The lowest BCUT2D eigenvalue weighted by atomic mass is 10.6. The van der Waals surface area contributed by atoms with E-state index in [1.807, 2.05) is 0 Å². The van der Waals surface area contributed by atoms with Crippen LogP contribution in [0.2, 0.25) is 0 Å². The van der Waals surface area contributed by atoms with Gasteiger partial charge in [0, 0.05) is 0 Å². The van der Waals surface area contributed by atoms with Crippen molar-refractivity contribution in [2.75, 3.05) is 0 Å². The first-order valence-corrected chi connectivity index (χ1v) is 2.84. The van der Waals surface area contributed by atoms with Crippen LogP contribution in [0.25, 0.3) is 0 Å². The summed E-state index contributed by atoms with van der Waals surface area (Å²) in [4.78, 5) is 7.47. The van der Waals surface area contributed by atoms with Gasteiger partial charge in [-0.25, -0.2) is 10.8 Å². The van der Waals surface area contributed by atoms with Crippen molar-refractivity contribution in [3.05, 3.63) is 12.2 Å². The van der Waals surface area contributed by atoms with Crippen LogP contribution >= 0.6 is 0 Å². The van der Waals surface area contributed by atoms with E-state index in [0.29, 0.717) is 5.82 Å².